The number of carbonyl (C=O) groups excluding carboxylic acids is 2. The van der Waals surface area contributed by atoms with E-state index in [1.165, 1.54) is 4.90 Å². The molecule has 166 valence electrons. The summed E-state index contributed by atoms with van der Waals surface area (Å²) in [6.45, 7) is 14.1. The van der Waals surface area contributed by atoms with Crippen LogP contribution in [0.15, 0.2) is 24.3 Å². The molecule has 1 saturated heterocycles. The number of ether oxygens (including phenoxy) is 1. The Bertz CT molecular complexity index is 743. The first kappa shape index (κ1) is 24.0. The topological polar surface area (TPSA) is 89.1 Å². The summed E-state index contributed by atoms with van der Waals surface area (Å²) in [5.74, 6) is 0. The second-order valence-corrected chi connectivity index (χ2v) is 9.49. The Balaban J connectivity index is 1.79. The van der Waals surface area contributed by atoms with Crippen molar-refractivity contribution in [3.63, 3.8) is 0 Å². The van der Waals surface area contributed by atoms with E-state index in [2.05, 4.69) is 10.6 Å². The summed E-state index contributed by atoms with van der Waals surface area (Å²) in [5, 5.41) is 5.49. The first-order chi connectivity index (χ1) is 13.7. The number of amides is 3. The lowest BCUT2D eigenvalue weighted by Crippen LogP contribution is -2.41. The minimum absolute atomic E-state index is 0.299. The lowest BCUT2D eigenvalue weighted by molar-refractivity contribution is 0.00578. The Morgan fingerprint density at radius 1 is 1.07 bits per heavy atom. The number of urea groups is 1. The summed E-state index contributed by atoms with van der Waals surface area (Å²) in [7, 11) is 1.18. The van der Waals surface area contributed by atoms with Crippen LogP contribution in [-0.2, 0) is 14.0 Å². The van der Waals surface area contributed by atoms with E-state index in [9.17, 15) is 9.59 Å². The largest absolute Gasteiger partial charge is 0.494 e. The highest BCUT2D eigenvalue weighted by molar-refractivity contribution is 6.62. The lowest BCUT2D eigenvalue weighted by Gasteiger charge is -2.32. The zero-order valence-electron chi connectivity index (χ0n) is 19.3. The van der Waals surface area contributed by atoms with Crippen molar-refractivity contribution in [1.82, 2.24) is 10.2 Å². The average Bonchev–Trinajstić information content (AvgIpc) is 2.81. The molecule has 2 N–H and O–H groups in total. The summed E-state index contributed by atoms with van der Waals surface area (Å²) in [6.07, 6.45) is -0.428. The van der Waals surface area contributed by atoms with Crippen molar-refractivity contribution in [1.29, 1.82) is 0 Å². The van der Waals surface area contributed by atoms with Gasteiger partial charge < -0.3 is 29.6 Å². The normalized spacial score (nSPS) is 17.4. The van der Waals surface area contributed by atoms with Gasteiger partial charge in [0.05, 0.1) is 11.2 Å². The van der Waals surface area contributed by atoms with Gasteiger partial charge >= 0.3 is 19.2 Å². The summed E-state index contributed by atoms with van der Waals surface area (Å²) in [6, 6.07) is 6.98. The zero-order chi connectivity index (χ0) is 22.7. The number of hydrogen-bond acceptors (Lipinski definition) is 5. The predicted octanol–water partition coefficient (Wildman–Crippen LogP) is 2.97. The first-order valence-electron chi connectivity index (χ1n) is 10.1. The Hall–Kier alpha value is -2.26. The van der Waals surface area contributed by atoms with Gasteiger partial charge in [-0.25, -0.2) is 9.59 Å². The van der Waals surface area contributed by atoms with E-state index in [1.54, 1.807) is 19.2 Å². The van der Waals surface area contributed by atoms with Gasteiger partial charge in [-0.1, -0.05) is 12.1 Å². The van der Waals surface area contributed by atoms with Crippen LogP contribution in [0.3, 0.4) is 0 Å². The number of rotatable bonds is 5. The number of anilines is 1. The minimum Gasteiger partial charge on any atom is -0.444 e. The molecule has 3 amide bonds. The average molecular weight is 419 g/mol. The Kier molecular flexibility index (Phi) is 7.09. The molecule has 8 nitrogen and oxygen atoms in total. The molecule has 1 aromatic rings. The highest BCUT2D eigenvalue weighted by Gasteiger charge is 2.51. The van der Waals surface area contributed by atoms with Crippen molar-refractivity contribution in [2.75, 3.05) is 25.5 Å². The number of nitrogens with zero attached hydrogens (tertiary/aromatic N) is 1. The molecular weight excluding hydrogens is 385 g/mol. The van der Waals surface area contributed by atoms with E-state index in [-0.39, 0.29) is 6.03 Å². The molecule has 0 atom stereocenters. The number of benzene rings is 1. The van der Waals surface area contributed by atoms with Gasteiger partial charge in [0.2, 0.25) is 0 Å². The second kappa shape index (κ2) is 8.85. The predicted molar refractivity (Wildman–Crippen MR) is 118 cm³/mol. The molecule has 2 rings (SSSR count). The molecule has 9 heteroatoms. The van der Waals surface area contributed by atoms with E-state index >= 15 is 0 Å². The third-order valence-corrected chi connectivity index (χ3v) is 5.13. The molecule has 0 aliphatic carbocycles. The van der Waals surface area contributed by atoms with Crippen molar-refractivity contribution in [2.24, 2.45) is 0 Å². The van der Waals surface area contributed by atoms with Gasteiger partial charge in [0.1, 0.15) is 5.60 Å². The molecule has 0 aromatic heterocycles. The second-order valence-electron chi connectivity index (χ2n) is 9.49. The summed E-state index contributed by atoms with van der Waals surface area (Å²) < 4.78 is 17.3. The molecular formula is C21H34BN3O5. The fourth-order valence-corrected chi connectivity index (χ4v) is 2.65. The van der Waals surface area contributed by atoms with E-state index < -0.39 is 30.0 Å². The van der Waals surface area contributed by atoms with Crippen molar-refractivity contribution in [2.45, 2.75) is 65.3 Å². The van der Waals surface area contributed by atoms with Gasteiger partial charge in [-0.3, -0.25) is 0 Å². The van der Waals surface area contributed by atoms with E-state index in [0.29, 0.717) is 18.8 Å². The number of hydrogen-bond donors (Lipinski definition) is 2. The molecule has 0 unspecified atom stereocenters. The summed E-state index contributed by atoms with van der Waals surface area (Å²) >= 11 is 0. The Morgan fingerprint density at radius 3 is 2.10 bits per heavy atom. The highest BCUT2D eigenvalue weighted by atomic mass is 16.7. The smallest absolute Gasteiger partial charge is 0.444 e. The first-order valence-corrected chi connectivity index (χ1v) is 10.1. The Labute approximate surface area is 179 Å². The third kappa shape index (κ3) is 6.37. The van der Waals surface area contributed by atoms with Crippen LogP contribution < -0.4 is 16.1 Å². The van der Waals surface area contributed by atoms with Gasteiger partial charge in [0, 0.05) is 25.8 Å². The number of carbonyl (C=O) groups is 2. The maximum absolute atomic E-state index is 12.1. The molecule has 1 aromatic carbocycles. The van der Waals surface area contributed by atoms with Gasteiger partial charge in [-0.2, -0.15) is 0 Å². The zero-order valence-corrected chi connectivity index (χ0v) is 19.3. The quantitative estimate of drug-likeness (QED) is 0.717. The lowest BCUT2D eigenvalue weighted by atomic mass is 9.79. The van der Waals surface area contributed by atoms with Gasteiger partial charge in [0.25, 0.3) is 0 Å². The number of likely N-dealkylation sites (N-methyl/N-ethyl adjacent to an activating group) is 1. The fourth-order valence-electron chi connectivity index (χ4n) is 2.65. The van der Waals surface area contributed by atoms with E-state index in [0.717, 1.165) is 5.46 Å². The molecule has 0 bridgehead atoms. The molecule has 1 fully saturated rings. The van der Waals surface area contributed by atoms with Crippen LogP contribution in [0.25, 0.3) is 0 Å². The van der Waals surface area contributed by atoms with Crippen molar-refractivity contribution in [3.05, 3.63) is 24.3 Å². The maximum Gasteiger partial charge on any atom is 0.494 e. The van der Waals surface area contributed by atoms with E-state index in [4.69, 9.17) is 14.0 Å². The minimum atomic E-state index is -0.553. The van der Waals surface area contributed by atoms with Crippen LogP contribution in [0.1, 0.15) is 48.5 Å². The van der Waals surface area contributed by atoms with Crippen LogP contribution in [-0.4, -0.2) is 61.1 Å². The maximum atomic E-state index is 12.1. The van der Waals surface area contributed by atoms with Crippen LogP contribution in [0, 0.1) is 0 Å². The summed E-state index contributed by atoms with van der Waals surface area (Å²) in [5.41, 5.74) is 0.177. The Morgan fingerprint density at radius 2 is 1.60 bits per heavy atom. The molecule has 1 aliphatic heterocycles. The van der Waals surface area contributed by atoms with Crippen molar-refractivity contribution in [3.8, 4) is 0 Å². The van der Waals surface area contributed by atoms with Crippen molar-refractivity contribution < 1.29 is 23.6 Å². The SMILES string of the molecule is CN(CCNC(=O)Nc1ccc(B2OC(C)(C)C(C)(C)O2)cc1)C(=O)OC(C)(C)C. The molecule has 0 radical (unpaired) electrons. The summed E-state index contributed by atoms with van der Waals surface area (Å²) in [4.78, 5) is 25.4. The molecule has 0 saturated carbocycles. The van der Waals surface area contributed by atoms with Crippen molar-refractivity contribution >= 4 is 30.4 Å². The molecule has 30 heavy (non-hydrogen) atoms. The van der Waals surface area contributed by atoms with Gasteiger partial charge in [-0.15, -0.1) is 0 Å². The van der Waals surface area contributed by atoms with Gasteiger partial charge in [0.15, 0.2) is 0 Å². The monoisotopic (exact) mass is 419 g/mol. The molecule has 0 spiro atoms. The van der Waals surface area contributed by atoms with Crippen LogP contribution >= 0.6 is 0 Å². The third-order valence-electron chi connectivity index (χ3n) is 5.13. The van der Waals surface area contributed by atoms with Crippen LogP contribution in [0.2, 0.25) is 0 Å². The van der Waals surface area contributed by atoms with Gasteiger partial charge in [-0.05, 0) is 66.1 Å². The van der Waals surface area contributed by atoms with E-state index in [1.807, 2.05) is 60.6 Å². The standard InChI is InChI=1S/C21H34BN3O5/c1-19(2,3)28-18(27)25(8)14-13-23-17(26)24-16-11-9-15(10-12-16)22-29-20(4,5)21(6,7)30-22/h9-12H,13-14H2,1-8H3,(H2,23,24,26). The fraction of sp³-hybridized carbons (Fsp3) is 0.619. The molecule has 1 aliphatic rings. The highest BCUT2D eigenvalue weighted by Crippen LogP contribution is 2.36. The van der Waals surface area contributed by atoms with Crippen LogP contribution in [0.5, 0.6) is 0 Å². The van der Waals surface area contributed by atoms with Crippen LogP contribution in [0.4, 0.5) is 15.3 Å². The molecule has 1 heterocycles. The number of nitrogens with one attached hydrogen (secondary N) is 2.